The van der Waals surface area contributed by atoms with Crippen LogP contribution in [0.2, 0.25) is 0 Å². The van der Waals surface area contributed by atoms with Crippen LogP contribution < -0.4 is 0 Å². The van der Waals surface area contributed by atoms with Gasteiger partial charge in [-0.25, -0.2) is 0 Å². The van der Waals surface area contributed by atoms with Gasteiger partial charge in [0.1, 0.15) is 0 Å². The molecule has 0 radical (unpaired) electrons. The number of rotatable bonds is 6. The Bertz CT molecular complexity index is 1120. The van der Waals surface area contributed by atoms with Crippen molar-refractivity contribution in [3.8, 4) is 0 Å². The van der Waals surface area contributed by atoms with Gasteiger partial charge in [0.2, 0.25) is 0 Å². The first-order valence-corrected chi connectivity index (χ1v) is 13.3. The molecule has 1 amide bonds. The molecular formula is C28H39F3N4O3. The predicted octanol–water partition coefficient (Wildman–Crippen LogP) is 5.14. The molecule has 38 heavy (non-hydrogen) atoms. The molecule has 10 heteroatoms. The first kappa shape index (κ1) is 28.4. The first-order chi connectivity index (χ1) is 17.9. The van der Waals surface area contributed by atoms with E-state index in [9.17, 15) is 23.2 Å². The molecule has 2 fully saturated rings. The topological polar surface area (TPSA) is 70.8 Å². The van der Waals surface area contributed by atoms with Crippen molar-refractivity contribution >= 4 is 5.91 Å². The van der Waals surface area contributed by atoms with Crippen molar-refractivity contribution in [3.05, 3.63) is 52.3 Å². The van der Waals surface area contributed by atoms with E-state index in [1.54, 1.807) is 33.1 Å². The molecule has 2 saturated heterocycles. The second-order valence-corrected chi connectivity index (χ2v) is 11.3. The lowest BCUT2D eigenvalue weighted by Gasteiger charge is -2.51. The summed E-state index contributed by atoms with van der Waals surface area (Å²) in [7, 11) is 1.64. The molecule has 2 unspecified atom stereocenters. The Morgan fingerprint density at radius 1 is 1.18 bits per heavy atom. The number of hydrogen-bond acceptors (Lipinski definition) is 5. The van der Waals surface area contributed by atoms with Gasteiger partial charge < -0.3 is 14.8 Å². The molecule has 7 nitrogen and oxygen atoms in total. The number of methoxy groups -OCH3 is 1. The van der Waals surface area contributed by atoms with Crippen molar-refractivity contribution in [2.45, 2.75) is 64.6 Å². The molecule has 2 aliphatic heterocycles. The lowest BCUT2D eigenvalue weighted by Crippen LogP contribution is -2.58. The van der Waals surface area contributed by atoms with E-state index in [1.165, 1.54) is 12.1 Å². The number of aryl methyl sites for hydroxylation is 1. The van der Waals surface area contributed by atoms with Crippen molar-refractivity contribution in [2.24, 2.45) is 11.8 Å². The molecule has 3 heterocycles. The molecule has 0 bridgehead atoms. The Hall–Kier alpha value is -2.59. The lowest BCUT2D eigenvalue weighted by molar-refractivity contribution is -0.137. The third kappa shape index (κ3) is 5.57. The monoisotopic (exact) mass is 536 g/mol. The standard InChI is InChI=1S/C28H39F3N4O3/c1-18-16-34(13-10-23(18)24(17-38-5)21-6-8-22(9-7-21)28(29,30)31)27(4)11-14-33(15-12-27)26(36)25-19(2)32-35(37)20(25)3/h6-9,18,23-24,37H,10-17H2,1-5H3/t18?,23?,24-/m0/s1. The molecule has 0 aliphatic carbocycles. The van der Waals surface area contributed by atoms with Gasteiger partial charge >= 0.3 is 6.18 Å². The Labute approximate surface area is 222 Å². The minimum absolute atomic E-state index is 0.0330. The van der Waals surface area contributed by atoms with Crippen LogP contribution in [0, 0.1) is 25.7 Å². The van der Waals surface area contributed by atoms with Crippen molar-refractivity contribution in [3.63, 3.8) is 0 Å². The van der Waals surface area contributed by atoms with E-state index < -0.39 is 11.7 Å². The molecule has 1 N–H and O–H groups in total. The average molecular weight is 537 g/mol. The summed E-state index contributed by atoms with van der Waals surface area (Å²) in [5.74, 6) is 0.580. The minimum Gasteiger partial charge on any atom is -0.411 e. The fourth-order valence-electron chi connectivity index (χ4n) is 6.42. The van der Waals surface area contributed by atoms with Crippen LogP contribution in [0.25, 0.3) is 0 Å². The molecule has 2 aromatic rings. The van der Waals surface area contributed by atoms with Crippen LogP contribution >= 0.6 is 0 Å². The number of benzene rings is 1. The van der Waals surface area contributed by atoms with Crippen molar-refractivity contribution in [1.82, 2.24) is 19.7 Å². The summed E-state index contributed by atoms with van der Waals surface area (Å²) in [4.78, 5) is 18.3. The summed E-state index contributed by atoms with van der Waals surface area (Å²) in [5, 5.41) is 13.8. The largest absolute Gasteiger partial charge is 0.416 e. The fraction of sp³-hybridized carbons (Fsp3) is 0.643. The van der Waals surface area contributed by atoms with Crippen LogP contribution in [-0.4, -0.2) is 76.3 Å². The molecule has 2 aliphatic rings. The number of amides is 1. The molecule has 1 aromatic carbocycles. The van der Waals surface area contributed by atoms with Gasteiger partial charge in [-0.2, -0.15) is 13.2 Å². The second kappa shape index (κ2) is 10.9. The average Bonchev–Trinajstić information content (AvgIpc) is 3.13. The number of halogens is 3. The zero-order valence-electron chi connectivity index (χ0n) is 22.9. The smallest absolute Gasteiger partial charge is 0.411 e. The summed E-state index contributed by atoms with van der Waals surface area (Å²) >= 11 is 0. The number of alkyl halides is 3. The highest BCUT2D eigenvalue weighted by Crippen LogP contribution is 2.41. The number of carbonyl (C=O) groups is 1. The fourth-order valence-corrected chi connectivity index (χ4v) is 6.42. The molecule has 0 saturated carbocycles. The summed E-state index contributed by atoms with van der Waals surface area (Å²) < 4.78 is 44.7. The minimum atomic E-state index is -4.35. The third-order valence-corrected chi connectivity index (χ3v) is 8.87. The summed E-state index contributed by atoms with van der Waals surface area (Å²) in [6.45, 7) is 11.5. The highest BCUT2D eigenvalue weighted by molar-refractivity contribution is 5.96. The van der Waals surface area contributed by atoms with Gasteiger partial charge in [0.15, 0.2) is 0 Å². The van der Waals surface area contributed by atoms with Gasteiger partial charge in [0, 0.05) is 38.2 Å². The van der Waals surface area contributed by atoms with Crippen LogP contribution in [0.1, 0.15) is 71.9 Å². The first-order valence-electron chi connectivity index (χ1n) is 13.3. The Morgan fingerprint density at radius 2 is 1.82 bits per heavy atom. The summed E-state index contributed by atoms with van der Waals surface area (Å²) in [6, 6.07) is 5.54. The second-order valence-electron chi connectivity index (χ2n) is 11.3. The maximum Gasteiger partial charge on any atom is 0.416 e. The molecule has 3 atom stereocenters. The lowest BCUT2D eigenvalue weighted by atomic mass is 9.73. The van der Waals surface area contributed by atoms with Crippen LogP contribution in [0.4, 0.5) is 13.2 Å². The molecular weight excluding hydrogens is 497 g/mol. The zero-order valence-corrected chi connectivity index (χ0v) is 22.9. The number of nitrogens with zero attached hydrogens (tertiary/aromatic N) is 4. The maximum atomic E-state index is 13.2. The van der Waals surface area contributed by atoms with Gasteiger partial charge in [0.05, 0.1) is 29.1 Å². The van der Waals surface area contributed by atoms with Crippen LogP contribution in [0.15, 0.2) is 24.3 Å². The Kier molecular flexibility index (Phi) is 8.14. The van der Waals surface area contributed by atoms with Gasteiger partial charge in [-0.15, -0.1) is 9.94 Å². The zero-order chi connectivity index (χ0) is 27.8. The third-order valence-electron chi connectivity index (χ3n) is 8.87. The van der Waals surface area contributed by atoms with Crippen LogP contribution in [0.5, 0.6) is 0 Å². The van der Waals surface area contributed by atoms with Gasteiger partial charge in [-0.1, -0.05) is 19.1 Å². The van der Waals surface area contributed by atoms with E-state index >= 15 is 0 Å². The van der Waals surface area contributed by atoms with Crippen molar-refractivity contribution < 1.29 is 27.9 Å². The maximum absolute atomic E-state index is 13.2. The predicted molar refractivity (Wildman–Crippen MR) is 137 cm³/mol. The summed E-state index contributed by atoms with van der Waals surface area (Å²) in [5.41, 5.74) is 1.67. The van der Waals surface area contributed by atoms with E-state index in [4.69, 9.17) is 4.74 Å². The SMILES string of the molecule is COC[C@@H](c1ccc(C(F)(F)F)cc1)C1CCN(C2(C)CCN(C(=O)c3c(C)nn(O)c3C)CC2)CC1C. The molecule has 1 aromatic heterocycles. The Morgan fingerprint density at radius 3 is 2.32 bits per heavy atom. The normalized spacial score (nSPS) is 23.4. The number of hydrogen-bond donors (Lipinski definition) is 1. The highest BCUT2D eigenvalue weighted by Gasteiger charge is 2.42. The van der Waals surface area contributed by atoms with Gasteiger partial charge in [0.25, 0.3) is 5.91 Å². The van der Waals surface area contributed by atoms with Crippen molar-refractivity contribution in [2.75, 3.05) is 39.9 Å². The Balaban J connectivity index is 1.40. The quantitative estimate of drug-likeness (QED) is 0.518. The number of aromatic nitrogens is 2. The van der Waals surface area contributed by atoms with Gasteiger partial charge in [-0.05, 0) is 76.1 Å². The number of ether oxygens (including phenoxy) is 1. The molecule has 0 spiro atoms. The number of piperidine rings is 2. The van der Waals surface area contributed by atoms with E-state index in [-0.39, 0.29) is 17.4 Å². The number of carbonyl (C=O) groups excluding carboxylic acids is 1. The highest BCUT2D eigenvalue weighted by atomic mass is 19.4. The van der Waals surface area contributed by atoms with E-state index in [0.29, 0.717) is 48.5 Å². The number of likely N-dealkylation sites (tertiary alicyclic amines) is 2. The van der Waals surface area contributed by atoms with Crippen molar-refractivity contribution in [1.29, 1.82) is 0 Å². The van der Waals surface area contributed by atoms with E-state index in [1.807, 2.05) is 4.90 Å². The van der Waals surface area contributed by atoms with Gasteiger partial charge in [-0.3, -0.25) is 9.69 Å². The van der Waals surface area contributed by atoms with Crippen LogP contribution in [0.3, 0.4) is 0 Å². The summed E-state index contributed by atoms with van der Waals surface area (Å²) in [6.07, 6.45) is -1.71. The van der Waals surface area contributed by atoms with Crippen LogP contribution in [-0.2, 0) is 10.9 Å². The van der Waals surface area contributed by atoms with E-state index in [0.717, 1.165) is 42.8 Å². The molecule has 4 rings (SSSR count). The van der Waals surface area contributed by atoms with E-state index in [2.05, 4.69) is 23.8 Å². The molecule has 210 valence electrons.